The summed E-state index contributed by atoms with van der Waals surface area (Å²) in [6.45, 7) is 6.83. The van der Waals surface area contributed by atoms with Crippen LogP contribution in [0.3, 0.4) is 0 Å². The number of nitrogens with zero attached hydrogens (tertiary/aromatic N) is 1. The molecule has 0 spiro atoms. The van der Waals surface area contributed by atoms with Gasteiger partial charge in [-0.3, -0.25) is 4.90 Å². The van der Waals surface area contributed by atoms with Crippen LogP contribution in [0.1, 0.15) is 37.4 Å². The van der Waals surface area contributed by atoms with E-state index in [1.54, 1.807) is 6.07 Å². The van der Waals surface area contributed by atoms with Crippen LogP contribution in [0.5, 0.6) is 0 Å². The van der Waals surface area contributed by atoms with Crippen molar-refractivity contribution < 1.29 is 4.39 Å². The van der Waals surface area contributed by atoms with Gasteiger partial charge in [0.1, 0.15) is 5.82 Å². The van der Waals surface area contributed by atoms with E-state index in [0.717, 1.165) is 17.5 Å². The predicted molar refractivity (Wildman–Crippen MR) is 70.4 cm³/mol. The maximum Gasteiger partial charge on any atom is 0.123 e. The van der Waals surface area contributed by atoms with Crippen LogP contribution in [0, 0.1) is 12.7 Å². The molecule has 2 atom stereocenters. The van der Waals surface area contributed by atoms with Crippen LogP contribution < -0.4 is 5.73 Å². The number of hydrogen-bond acceptors (Lipinski definition) is 2. The monoisotopic (exact) mass is 238 g/mol. The molecule has 0 saturated heterocycles. The zero-order chi connectivity index (χ0) is 13.0. The van der Waals surface area contributed by atoms with Crippen molar-refractivity contribution in [3.05, 3.63) is 35.1 Å². The Morgan fingerprint density at radius 3 is 2.53 bits per heavy atom. The van der Waals surface area contributed by atoms with Gasteiger partial charge >= 0.3 is 0 Å². The minimum Gasteiger partial charge on any atom is -0.329 e. The van der Waals surface area contributed by atoms with Crippen molar-refractivity contribution in [1.29, 1.82) is 0 Å². The highest BCUT2D eigenvalue weighted by Crippen LogP contribution is 2.24. The molecule has 0 amide bonds. The van der Waals surface area contributed by atoms with Gasteiger partial charge in [-0.2, -0.15) is 0 Å². The molecule has 2 N–H and O–H groups in total. The summed E-state index contributed by atoms with van der Waals surface area (Å²) in [6.07, 6.45) is 1.08. The maximum atomic E-state index is 13.1. The van der Waals surface area contributed by atoms with E-state index in [9.17, 15) is 4.39 Å². The summed E-state index contributed by atoms with van der Waals surface area (Å²) < 4.78 is 13.1. The van der Waals surface area contributed by atoms with Crippen LogP contribution in [0.4, 0.5) is 4.39 Å². The smallest absolute Gasteiger partial charge is 0.123 e. The number of hydrogen-bond donors (Lipinski definition) is 1. The van der Waals surface area contributed by atoms with Gasteiger partial charge in [0.2, 0.25) is 0 Å². The lowest BCUT2D eigenvalue weighted by molar-refractivity contribution is 0.184. The first-order valence-electron chi connectivity index (χ1n) is 6.19. The zero-order valence-electron chi connectivity index (χ0n) is 11.2. The molecule has 2 unspecified atom stereocenters. The molecule has 0 aliphatic carbocycles. The second-order valence-electron chi connectivity index (χ2n) is 4.68. The average molecular weight is 238 g/mol. The van der Waals surface area contributed by atoms with E-state index in [2.05, 4.69) is 25.8 Å². The van der Waals surface area contributed by atoms with E-state index >= 15 is 0 Å². The van der Waals surface area contributed by atoms with Crippen molar-refractivity contribution in [3.63, 3.8) is 0 Å². The molecule has 1 aromatic rings. The van der Waals surface area contributed by atoms with Crippen molar-refractivity contribution in [2.75, 3.05) is 13.6 Å². The number of halogens is 1. The van der Waals surface area contributed by atoms with E-state index in [1.165, 1.54) is 6.07 Å². The molecule has 0 bridgehead atoms. The van der Waals surface area contributed by atoms with Gasteiger partial charge in [-0.25, -0.2) is 4.39 Å². The number of aryl methyl sites for hydroxylation is 1. The Balaban J connectivity index is 3.01. The van der Waals surface area contributed by atoms with Gasteiger partial charge < -0.3 is 5.73 Å². The average Bonchev–Trinajstić information content (AvgIpc) is 2.31. The normalized spacial score (nSPS) is 15.0. The first-order valence-corrected chi connectivity index (χ1v) is 6.19. The molecular formula is C14H23FN2. The summed E-state index contributed by atoms with van der Waals surface area (Å²) in [5.74, 6) is -0.187. The minimum atomic E-state index is -0.187. The molecule has 0 aliphatic heterocycles. The summed E-state index contributed by atoms with van der Waals surface area (Å²) in [5, 5.41) is 0. The molecule has 1 rings (SSSR count). The maximum absolute atomic E-state index is 13.1. The Morgan fingerprint density at radius 1 is 1.41 bits per heavy atom. The van der Waals surface area contributed by atoms with Gasteiger partial charge in [0.25, 0.3) is 0 Å². The summed E-state index contributed by atoms with van der Waals surface area (Å²) in [6, 6.07) is 5.55. The molecule has 0 fully saturated rings. The molecule has 0 aromatic heterocycles. The molecule has 0 heterocycles. The largest absolute Gasteiger partial charge is 0.329 e. The topological polar surface area (TPSA) is 29.3 Å². The van der Waals surface area contributed by atoms with E-state index in [-0.39, 0.29) is 11.9 Å². The highest BCUT2D eigenvalue weighted by molar-refractivity contribution is 5.30. The van der Waals surface area contributed by atoms with Crippen molar-refractivity contribution in [2.24, 2.45) is 5.73 Å². The van der Waals surface area contributed by atoms with E-state index < -0.39 is 0 Å². The molecule has 1 aromatic carbocycles. The van der Waals surface area contributed by atoms with E-state index in [4.69, 9.17) is 5.73 Å². The van der Waals surface area contributed by atoms with Crippen molar-refractivity contribution in [1.82, 2.24) is 4.90 Å². The third-order valence-corrected chi connectivity index (χ3v) is 3.59. The highest BCUT2D eigenvalue weighted by Gasteiger charge is 2.20. The Kier molecular flexibility index (Phi) is 5.09. The highest BCUT2D eigenvalue weighted by atomic mass is 19.1. The Morgan fingerprint density at radius 2 is 2.06 bits per heavy atom. The second kappa shape index (κ2) is 6.12. The third kappa shape index (κ3) is 3.27. The molecular weight excluding hydrogens is 215 g/mol. The molecule has 2 nitrogen and oxygen atoms in total. The van der Waals surface area contributed by atoms with Crippen LogP contribution in [-0.4, -0.2) is 24.5 Å². The standard InChI is InChI=1S/C14H23FN2/c1-5-11(3)17(4)14(9-16)13-7-6-12(15)8-10(13)2/h6-8,11,14H,5,9,16H2,1-4H3. The van der Waals surface area contributed by atoms with Gasteiger partial charge in [-0.15, -0.1) is 0 Å². The molecule has 0 saturated carbocycles. The van der Waals surface area contributed by atoms with E-state index in [0.29, 0.717) is 12.6 Å². The van der Waals surface area contributed by atoms with Gasteiger partial charge in [-0.1, -0.05) is 13.0 Å². The predicted octanol–water partition coefficient (Wildman–Crippen LogP) is 2.86. The SMILES string of the molecule is CCC(C)N(C)C(CN)c1ccc(F)cc1C. The number of benzene rings is 1. The molecule has 0 radical (unpaired) electrons. The summed E-state index contributed by atoms with van der Waals surface area (Å²) in [4.78, 5) is 2.26. The fraction of sp³-hybridized carbons (Fsp3) is 0.571. The van der Waals surface area contributed by atoms with Gasteiger partial charge in [-0.05, 0) is 50.6 Å². The fourth-order valence-electron chi connectivity index (χ4n) is 2.12. The fourth-order valence-corrected chi connectivity index (χ4v) is 2.12. The number of rotatable bonds is 5. The first kappa shape index (κ1) is 14.1. The summed E-state index contributed by atoms with van der Waals surface area (Å²) in [5.41, 5.74) is 7.96. The van der Waals surface area contributed by atoms with Crippen LogP contribution in [-0.2, 0) is 0 Å². The molecule has 0 aliphatic rings. The molecule has 17 heavy (non-hydrogen) atoms. The molecule has 96 valence electrons. The Hall–Kier alpha value is -0.930. The van der Waals surface area contributed by atoms with Crippen LogP contribution >= 0.6 is 0 Å². The van der Waals surface area contributed by atoms with Gasteiger partial charge in [0.15, 0.2) is 0 Å². The lowest BCUT2D eigenvalue weighted by Crippen LogP contribution is -2.37. The quantitative estimate of drug-likeness (QED) is 0.854. The third-order valence-electron chi connectivity index (χ3n) is 3.59. The van der Waals surface area contributed by atoms with Crippen molar-refractivity contribution in [3.8, 4) is 0 Å². The van der Waals surface area contributed by atoms with Gasteiger partial charge in [0.05, 0.1) is 0 Å². The lowest BCUT2D eigenvalue weighted by Gasteiger charge is -2.33. The summed E-state index contributed by atoms with van der Waals surface area (Å²) >= 11 is 0. The van der Waals surface area contributed by atoms with Crippen LogP contribution in [0.25, 0.3) is 0 Å². The Bertz CT molecular complexity index is 365. The molecule has 3 heteroatoms. The number of likely N-dealkylation sites (N-methyl/N-ethyl adjacent to an activating group) is 1. The van der Waals surface area contributed by atoms with Crippen molar-refractivity contribution in [2.45, 2.75) is 39.3 Å². The minimum absolute atomic E-state index is 0.158. The number of nitrogens with two attached hydrogens (primary N) is 1. The van der Waals surface area contributed by atoms with Crippen LogP contribution in [0.15, 0.2) is 18.2 Å². The Labute approximate surface area is 104 Å². The zero-order valence-corrected chi connectivity index (χ0v) is 11.2. The van der Waals surface area contributed by atoms with Crippen LogP contribution in [0.2, 0.25) is 0 Å². The van der Waals surface area contributed by atoms with Gasteiger partial charge in [0, 0.05) is 18.6 Å². The summed E-state index contributed by atoms with van der Waals surface area (Å²) in [7, 11) is 2.08. The second-order valence-corrected chi connectivity index (χ2v) is 4.68. The van der Waals surface area contributed by atoms with E-state index in [1.807, 2.05) is 13.0 Å². The first-order chi connectivity index (χ1) is 8.01. The lowest BCUT2D eigenvalue weighted by atomic mass is 9.98. The van der Waals surface area contributed by atoms with Crippen molar-refractivity contribution >= 4 is 0 Å².